The Morgan fingerprint density at radius 1 is 1.53 bits per heavy atom. The maximum atomic E-state index is 8.98. The summed E-state index contributed by atoms with van der Waals surface area (Å²) >= 11 is 0. The van der Waals surface area contributed by atoms with Crippen molar-refractivity contribution in [2.24, 2.45) is 7.05 Å². The third-order valence-electron chi connectivity index (χ3n) is 2.48. The number of hydrogen-bond donors (Lipinski definition) is 0. The number of hydrogen-bond acceptors (Lipinski definition) is 4. The van der Waals surface area contributed by atoms with Crippen LogP contribution in [0.5, 0.6) is 0 Å². The van der Waals surface area contributed by atoms with Crippen LogP contribution in [0, 0.1) is 11.3 Å². The second-order valence-corrected chi connectivity index (χ2v) is 3.86. The average Bonchev–Trinajstić information content (AvgIpc) is 2.74. The van der Waals surface area contributed by atoms with Crippen molar-refractivity contribution in [3.05, 3.63) is 42.0 Å². The Morgan fingerprint density at radius 2 is 2.35 bits per heavy atom. The molecule has 0 saturated heterocycles. The highest BCUT2D eigenvalue weighted by Crippen LogP contribution is 2.17. The van der Waals surface area contributed by atoms with Gasteiger partial charge in [-0.3, -0.25) is 4.68 Å². The van der Waals surface area contributed by atoms with Crippen LogP contribution in [0.15, 0.2) is 30.7 Å². The minimum absolute atomic E-state index is 0.443. The van der Waals surface area contributed by atoms with Crippen LogP contribution in [0.2, 0.25) is 0 Å². The molecule has 0 fully saturated rings. The highest BCUT2D eigenvalue weighted by molar-refractivity contribution is 5.55. The average molecular weight is 227 g/mol. The summed E-state index contributed by atoms with van der Waals surface area (Å²) in [7, 11) is 3.82. The van der Waals surface area contributed by atoms with E-state index in [0.717, 1.165) is 11.3 Å². The van der Waals surface area contributed by atoms with E-state index in [-0.39, 0.29) is 0 Å². The maximum Gasteiger partial charge on any atom is 0.163 e. The van der Waals surface area contributed by atoms with Gasteiger partial charge in [-0.25, -0.2) is 4.98 Å². The first kappa shape index (κ1) is 11.1. The number of aromatic nitrogens is 3. The molecule has 86 valence electrons. The zero-order valence-electron chi connectivity index (χ0n) is 9.83. The first-order chi connectivity index (χ1) is 8.20. The second kappa shape index (κ2) is 4.66. The van der Waals surface area contributed by atoms with Gasteiger partial charge in [-0.15, -0.1) is 0 Å². The minimum atomic E-state index is 0.443. The van der Waals surface area contributed by atoms with Crippen molar-refractivity contribution in [3.63, 3.8) is 0 Å². The molecule has 2 aromatic rings. The first-order valence-corrected chi connectivity index (χ1v) is 5.24. The van der Waals surface area contributed by atoms with Crippen LogP contribution in [0.1, 0.15) is 11.3 Å². The normalized spacial score (nSPS) is 9.94. The number of anilines is 1. The SMILES string of the molecule is CN(Cc1cnn(C)c1)c1cccnc1C#N. The molecule has 5 nitrogen and oxygen atoms in total. The van der Waals surface area contributed by atoms with E-state index >= 15 is 0 Å². The van der Waals surface area contributed by atoms with Crippen molar-refractivity contribution in [2.45, 2.75) is 6.54 Å². The largest absolute Gasteiger partial charge is 0.368 e. The summed E-state index contributed by atoms with van der Waals surface area (Å²) in [4.78, 5) is 6.03. The number of rotatable bonds is 3. The molecule has 0 saturated carbocycles. The number of aryl methyl sites for hydroxylation is 1. The lowest BCUT2D eigenvalue weighted by Crippen LogP contribution is -2.17. The highest BCUT2D eigenvalue weighted by Gasteiger charge is 2.08. The molecular weight excluding hydrogens is 214 g/mol. The third kappa shape index (κ3) is 2.42. The lowest BCUT2D eigenvalue weighted by Gasteiger charge is -2.18. The maximum absolute atomic E-state index is 8.98. The smallest absolute Gasteiger partial charge is 0.163 e. The van der Waals surface area contributed by atoms with Crippen LogP contribution in [0.4, 0.5) is 5.69 Å². The summed E-state index contributed by atoms with van der Waals surface area (Å²) < 4.78 is 1.76. The topological polar surface area (TPSA) is 57.7 Å². The van der Waals surface area contributed by atoms with Gasteiger partial charge in [-0.1, -0.05) is 0 Å². The van der Waals surface area contributed by atoms with E-state index in [9.17, 15) is 0 Å². The van der Waals surface area contributed by atoms with Gasteiger partial charge in [0.1, 0.15) is 6.07 Å². The van der Waals surface area contributed by atoms with E-state index in [4.69, 9.17) is 5.26 Å². The summed E-state index contributed by atoms with van der Waals surface area (Å²) in [6.45, 7) is 0.703. The molecular formula is C12H13N5. The lowest BCUT2D eigenvalue weighted by atomic mass is 10.2. The molecule has 0 aromatic carbocycles. The first-order valence-electron chi connectivity index (χ1n) is 5.24. The van der Waals surface area contributed by atoms with Crippen LogP contribution < -0.4 is 4.90 Å². The minimum Gasteiger partial charge on any atom is -0.368 e. The highest BCUT2D eigenvalue weighted by atomic mass is 15.2. The van der Waals surface area contributed by atoms with Crippen molar-refractivity contribution in [1.29, 1.82) is 5.26 Å². The molecule has 0 unspecified atom stereocenters. The molecule has 0 aliphatic rings. The Balaban J connectivity index is 2.20. The van der Waals surface area contributed by atoms with Crippen LogP contribution in [0.25, 0.3) is 0 Å². The van der Waals surface area contributed by atoms with Crippen molar-refractivity contribution >= 4 is 5.69 Å². The summed E-state index contributed by atoms with van der Waals surface area (Å²) in [6, 6.07) is 5.81. The summed E-state index contributed by atoms with van der Waals surface area (Å²) in [6.07, 6.45) is 5.40. The lowest BCUT2D eigenvalue weighted by molar-refractivity contribution is 0.766. The van der Waals surface area contributed by atoms with Gasteiger partial charge in [-0.05, 0) is 12.1 Å². The standard InChI is InChI=1S/C12H13N5/c1-16(8-10-7-15-17(2)9-10)12-4-3-5-14-11(12)6-13/h3-5,7,9H,8H2,1-2H3. The predicted molar refractivity (Wildman–Crippen MR) is 64.3 cm³/mol. The molecule has 0 N–H and O–H groups in total. The molecule has 0 radical (unpaired) electrons. The third-order valence-corrected chi connectivity index (χ3v) is 2.48. The monoisotopic (exact) mass is 227 g/mol. The number of nitriles is 1. The molecule has 0 spiro atoms. The van der Waals surface area contributed by atoms with Crippen molar-refractivity contribution in [3.8, 4) is 6.07 Å². The molecule has 2 rings (SSSR count). The molecule has 2 heterocycles. The fourth-order valence-corrected chi connectivity index (χ4v) is 1.70. The Hall–Kier alpha value is -2.35. The summed E-state index contributed by atoms with van der Waals surface area (Å²) in [5, 5.41) is 13.1. The van der Waals surface area contributed by atoms with E-state index in [0.29, 0.717) is 12.2 Å². The van der Waals surface area contributed by atoms with Gasteiger partial charge in [0, 0.05) is 38.6 Å². The molecule has 0 amide bonds. The summed E-state index contributed by atoms with van der Waals surface area (Å²) in [5.74, 6) is 0. The zero-order chi connectivity index (χ0) is 12.3. The van der Waals surface area contributed by atoms with E-state index in [1.807, 2.05) is 43.5 Å². The zero-order valence-corrected chi connectivity index (χ0v) is 9.83. The fourth-order valence-electron chi connectivity index (χ4n) is 1.70. The molecule has 5 heteroatoms. The molecule has 17 heavy (non-hydrogen) atoms. The van der Waals surface area contributed by atoms with Gasteiger partial charge in [0.25, 0.3) is 0 Å². The number of nitrogens with zero attached hydrogens (tertiary/aromatic N) is 5. The molecule has 2 aromatic heterocycles. The molecule has 0 aliphatic heterocycles. The Morgan fingerprint density at radius 3 is 3.00 bits per heavy atom. The van der Waals surface area contributed by atoms with Crippen LogP contribution >= 0.6 is 0 Å². The van der Waals surface area contributed by atoms with Gasteiger partial charge >= 0.3 is 0 Å². The second-order valence-electron chi connectivity index (χ2n) is 3.86. The van der Waals surface area contributed by atoms with Crippen LogP contribution in [-0.2, 0) is 13.6 Å². The predicted octanol–water partition coefficient (Wildman–Crippen LogP) is 1.32. The van der Waals surface area contributed by atoms with E-state index in [1.165, 1.54) is 0 Å². The van der Waals surface area contributed by atoms with Crippen molar-refractivity contribution < 1.29 is 0 Å². The Labute approximate surface area is 99.9 Å². The van der Waals surface area contributed by atoms with Crippen molar-refractivity contribution in [2.75, 3.05) is 11.9 Å². The van der Waals surface area contributed by atoms with Gasteiger partial charge in [-0.2, -0.15) is 10.4 Å². The quantitative estimate of drug-likeness (QED) is 0.793. The van der Waals surface area contributed by atoms with Gasteiger partial charge in [0.05, 0.1) is 11.9 Å². The van der Waals surface area contributed by atoms with Crippen molar-refractivity contribution in [1.82, 2.24) is 14.8 Å². The van der Waals surface area contributed by atoms with Gasteiger partial charge in [0.15, 0.2) is 5.69 Å². The molecule has 0 atom stereocenters. The Bertz CT molecular complexity index is 552. The molecule has 0 bridgehead atoms. The van der Waals surface area contributed by atoms with Gasteiger partial charge in [0.2, 0.25) is 0 Å². The van der Waals surface area contributed by atoms with E-state index < -0.39 is 0 Å². The van der Waals surface area contributed by atoms with E-state index in [2.05, 4.69) is 16.2 Å². The molecule has 0 aliphatic carbocycles. The number of pyridine rings is 1. The van der Waals surface area contributed by atoms with Crippen LogP contribution in [0.3, 0.4) is 0 Å². The fraction of sp³-hybridized carbons (Fsp3) is 0.250. The Kier molecular flexibility index (Phi) is 3.06. The van der Waals surface area contributed by atoms with Gasteiger partial charge < -0.3 is 4.90 Å². The summed E-state index contributed by atoms with van der Waals surface area (Å²) in [5.41, 5.74) is 2.38. The van der Waals surface area contributed by atoms with Crippen LogP contribution in [-0.4, -0.2) is 21.8 Å². The van der Waals surface area contributed by atoms with E-state index in [1.54, 1.807) is 10.9 Å².